The highest BCUT2D eigenvalue weighted by Crippen LogP contribution is 2.26. The number of rotatable bonds is 3. The average Bonchev–Trinajstić information content (AvgIpc) is 2.50. The first-order valence-electron chi connectivity index (χ1n) is 6.84. The minimum absolute atomic E-state index is 0.0755. The summed E-state index contributed by atoms with van der Waals surface area (Å²) in [5.74, 6) is -0.398. The first-order chi connectivity index (χ1) is 10.6. The Morgan fingerprint density at radius 2 is 1.77 bits per heavy atom. The number of hydrogen-bond donors (Lipinski definition) is 3. The van der Waals surface area contributed by atoms with Crippen molar-refractivity contribution < 1.29 is 9.59 Å². The number of anilines is 3. The Morgan fingerprint density at radius 3 is 2.50 bits per heavy atom. The highest BCUT2D eigenvalue weighted by atomic mass is 127. The Morgan fingerprint density at radius 1 is 1.09 bits per heavy atom. The van der Waals surface area contributed by atoms with Gasteiger partial charge in [0.15, 0.2) is 0 Å². The van der Waals surface area contributed by atoms with Gasteiger partial charge in [-0.15, -0.1) is 0 Å². The van der Waals surface area contributed by atoms with Gasteiger partial charge in [-0.1, -0.05) is 12.1 Å². The van der Waals surface area contributed by atoms with Gasteiger partial charge in [0.1, 0.15) is 6.04 Å². The van der Waals surface area contributed by atoms with Crippen LogP contribution in [-0.4, -0.2) is 17.9 Å². The molecule has 22 heavy (non-hydrogen) atoms. The molecule has 0 aromatic heterocycles. The molecule has 3 rings (SSSR count). The molecule has 0 saturated carbocycles. The summed E-state index contributed by atoms with van der Waals surface area (Å²) in [4.78, 5) is 24.1. The molecule has 2 aromatic rings. The molecule has 2 aromatic carbocycles. The quantitative estimate of drug-likeness (QED) is 0.686. The number of amides is 2. The molecule has 0 spiro atoms. The van der Waals surface area contributed by atoms with E-state index in [9.17, 15) is 9.59 Å². The number of hydrogen-bond acceptors (Lipinski definition) is 3. The van der Waals surface area contributed by atoms with Gasteiger partial charge < -0.3 is 16.0 Å². The lowest BCUT2D eigenvalue weighted by Crippen LogP contribution is -2.41. The molecule has 3 N–H and O–H groups in total. The van der Waals surface area contributed by atoms with Crippen molar-refractivity contribution in [3.63, 3.8) is 0 Å². The molecule has 0 bridgehead atoms. The highest BCUT2D eigenvalue weighted by molar-refractivity contribution is 14.1. The monoisotopic (exact) mass is 407 g/mol. The minimum Gasteiger partial charge on any atom is -0.372 e. The summed E-state index contributed by atoms with van der Waals surface area (Å²) < 4.78 is 1.10. The zero-order valence-corrected chi connectivity index (χ0v) is 13.8. The molecule has 112 valence electrons. The number of carbonyl (C=O) groups excluding carboxylic acids is 2. The van der Waals surface area contributed by atoms with Crippen LogP contribution in [0.25, 0.3) is 0 Å². The van der Waals surface area contributed by atoms with E-state index in [0.717, 1.165) is 20.6 Å². The summed E-state index contributed by atoms with van der Waals surface area (Å²) in [6.07, 6.45) is 0.0755. The summed E-state index contributed by atoms with van der Waals surface area (Å²) in [5, 5.41) is 8.70. The fourth-order valence-electron chi connectivity index (χ4n) is 2.27. The molecule has 1 aliphatic heterocycles. The molecule has 2 amide bonds. The van der Waals surface area contributed by atoms with Crippen LogP contribution in [0.5, 0.6) is 0 Å². The molecule has 5 nitrogen and oxygen atoms in total. The average molecular weight is 407 g/mol. The van der Waals surface area contributed by atoms with Gasteiger partial charge in [-0.2, -0.15) is 0 Å². The Bertz CT molecular complexity index is 716. The molecule has 1 atom stereocenters. The van der Waals surface area contributed by atoms with Crippen molar-refractivity contribution in [2.75, 3.05) is 16.0 Å². The Balaban J connectivity index is 1.64. The maximum Gasteiger partial charge on any atom is 0.247 e. The van der Waals surface area contributed by atoms with E-state index >= 15 is 0 Å². The van der Waals surface area contributed by atoms with Crippen molar-refractivity contribution in [1.82, 2.24) is 0 Å². The SMILES string of the molecule is O=C(C[C@@H]1Nc2ccccc2NC1=O)Nc1ccc(I)cc1. The van der Waals surface area contributed by atoms with Crippen LogP contribution in [0.4, 0.5) is 17.1 Å². The van der Waals surface area contributed by atoms with Crippen LogP contribution in [0.3, 0.4) is 0 Å². The van der Waals surface area contributed by atoms with E-state index in [1.165, 1.54) is 0 Å². The zero-order valence-electron chi connectivity index (χ0n) is 11.6. The Kier molecular flexibility index (Phi) is 4.28. The molecule has 6 heteroatoms. The van der Waals surface area contributed by atoms with Crippen molar-refractivity contribution >= 4 is 51.5 Å². The number of halogens is 1. The summed E-state index contributed by atoms with van der Waals surface area (Å²) in [7, 11) is 0. The van der Waals surface area contributed by atoms with Gasteiger partial charge in [0.05, 0.1) is 17.8 Å². The number of carbonyl (C=O) groups is 2. The van der Waals surface area contributed by atoms with Crippen molar-refractivity contribution in [2.45, 2.75) is 12.5 Å². The molecule has 0 saturated heterocycles. The van der Waals surface area contributed by atoms with Crippen LogP contribution >= 0.6 is 22.6 Å². The lowest BCUT2D eigenvalue weighted by molar-refractivity contribution is -0.122. The fourth-order valence-corrected chi connectivity index (χ4v) is 2.63. The third-order valence-electron chi connectivity index (χ3n) is 3.35. The molecule has 0 unspecified atom stereocenters. The maximum absolute atomic E-state index is 12.1. The van der Waals surface area contributed by atoms with Gasteiger partial charge in [0, 0.05) is 9.26 Å². The van der Waals surface area contributed by atoms with Crippen LogP contribution in [0.2, 0.25) is 0 Å². The van der Waals surface area contributed by atoms with Gasteiger partial charge in [0.25, 0.3) is 0 Å². The zero-order chi connectivity index (χ0) is 15.5. The first-order valence-corrected chi connectivity index (χ1v) is 7.91. The standard InChI is InChI=1S/C16H14IN3O2/c17-10-5-7-11(8-6-10)18-15(21)9-14-16(22)20-13-4-2-1-3-12(13)19-14/h1-8,14,19H,9H2,(H,18,21)(H,20,22)/t14-/m0/s1. The molecule has 0 aliphatic carbocycles. The van der Waals surface area contributed by atoms with Crippen LogP contribution in [0, 0.1) is 3.57 Å². The van der Waals surface area contributed by atoms with E-state index in [2.05, 4.69) is 38.5 Å². The van der Waals surface area contributed by atoms with Crippen LogP contribution in [0.15, 0.2) is 48.5 Å². The third kappa shape index (κ3) is 3.38. The molecular formula is C16H14IN3O2. The predicted molar refractivity (Wildman–Crippen MR) is 94.9 cm³/mol. The van der Waals surface area contributed by atoms with Gasteiger partial charge >= 0.3 is 0 Å². The minimum atomic E-state index is -0.571. The molecule has 1 aliphatic rings. The second-order valence-corrected chi connectivity index (χ2v) is 6.24. The van der Waals surface area contributed by atoms with Crippen molar-refractivity contribution in [3.8, 4) is 0 Å². The highest BCUT2D eigenvalue weighted by Gasteiger charge is 2.27. The number of nitrogens with one attached hydrogen (secondary N) is 3. The van der Waals surface area contributed by atoms with E-state index < -0.39 is 6.04 Å². The van der Waals surface area contributed by atoms with Crippen molar-refractivity contribution in [3.05, 3.63) is 52.1 Å². The summed E-state index contributed by atoms with van der Waals surface area (Å²) >= 11 is 2.20. The van der Waals surface area contributed by atoms with E-state index in [4.69, 9.17) is 0 Å². The van der Waals surface area contributed by atoms with Gasteiger partial charge in [0.2, 0.25) is 11.8 Å². The second-order valence-electron chi connectivity index (χ2n) is 4.99. The Hall–Kier alpha value is -2.09. The third-order valence-corrected chi connectivity index (χ3v) is 4.07. The summed E-state index contributed by atoms with van der Waals surface area (Å²) in [6.45, 7) is 0. The van der Waals surface area contributed by atoms with Crippen LogP contribution < -0.4 is 16.0 Å². The maximum atomic E-state index is 12.1. The van der Waals surface area contributed by atoms with Gasteiger partial charge in [-0.25, -0.2) is 0 Å². The molecule has 0 fully saturated rings. The first kappa shape index (κ1) is 14.8. The number of fused-ring (bicyclic) bond motifs is 1. The van der Waals surface area contributed by atoms with E-state index in [1.807, 2.05) is 48.5 Å². The van der Waals surface area contributed by atoms with E-state index in [-0.39, 0.29) is 18.2 Å². The fraction of sp³-hybridized carbons (Fsp3) is 0.125. The molecule has 0 radical (unpaired) electrons. The summed E-state index contributed by atoms with van der Waals surface area (Å²) in [6, 6.07) is 14.4. The Labute approximate surface area is 141 Å². The molecule has 1 heterocycles. The topological polar surface area (TPSA) is 70.2 Å². The molecular weight excluding hydrogens is 393 g/mol. The summed E-state index contributed by atoms with van der Waals surface area (Å²) in [5.41, 5.74) is 2.29. The van der Waals surface area contributed by atoms with Gasteiger partial charge in [-0.3, -0.25) is 9.59 Å². The van der Waals surface area contributed by atoms with Crippen LogP contribution in [0.1, 0.15) is 6.42 Å². The smallest absolute Gasteiger partial charge is 0.247 e. The van der Waals surface area contributed by atoms with E-state index in [1.54, 1.807) is 0 Å². The van der Waals surface area contributed by atoms with Crippen LogP contribution in [-0.2, 0) is 9.59 Å². The largest absolute Gasteiger partial charge is 0.372 e. The second kappa shape index (κ2) is 6.35. The van der Waals surface area contributed by atoms with Crippen molar-refractivity contribution in [1.29, 1.82) is 0 Å². The van der Waals surface area contributed by atoms with E-state index in [0.29, 0.717) is 0 Å². The van der Waals surface area contributed by atoms with Crippen molar-refractivity contribution in [2.24, 2.45) is 0 Å². The number of para-hydroxylation sites is 2. The normalized spacial score (nSPS) is 16.2. The van der Waals surface area contributed by atoms with Gasteiger partial charge in [-0.05, 0) is 59.0 Å². The lowest BCUT2D eigenvalue weighted by atomic mass is 10.1. The number of benzene rings is 2. The predicted octanol–water partition coefficient (Wildman–Crippen LogP) is 3.05. The lowest BCUT2D eigenvalue weighted by Gasteiger charge is -2.26.